The molecule has 0 amide bonds. The molecule has 1 aliphatic rings. The Morgan fingerprint density at radius 1 is 1.18 bits per heavy atom. The number of para-hydroxylation sites is 1. The molecule has 1 N–H and O–H groups in total. The van der Waals surface area contributed by atoms with E-state index in [0.29, 0.717) is 12.6 Å². The molecule has 1 fully saturated rings. The van der Waals surface area contributed by atoms with Crippen molar-refractivity contribution in [3.63, 3.8) is 0 Å². The van der Waals surface area contributed by atoms with Crippen molar-refractivity contribution in [3.8, 4) is 0 Å². The molecule has 3 rings (SSSR count). The van der Waals surface area contributed by atoms with Crippen molar-refractivity contribution in [2.24, 2.45) is 0 Å². The first kappa shape index (κ1) is 10.5. The normalized spacial score (nSPS) is 15.1. The molecule has 3 nitrogen and oxygen atoms in total. The Labute approximate surface area is 101 Å². The average Bonchev–Trinajstić information content (AvgIpc) is 3.20. The van der Waals surface area contributed by atoms with Crippen LogP contribution in [0.2, 0.25) is 0 Å². The largest absolute Gasteiger partial charge is 0.395 e. The number of fused-ring (bicyclic) bond motifs is 1. The van der Waals surface area contributed by atoms with Crippen molar-refractivity contribution < 1.29 is 5.11 Å². The van der Waals surface area contributed by atoms with Crippen LogP contribution in [-0.4, -0.2) is 29.3 Å². The van der Waals surface area contributed by atoms with Gasteiger partial charge in [-0.25, -0.2) is 4.98 Å². The zero-order chi connectivity index (χ0) is 11.7. The number of nitrogens with zero attached hydrogens (tertiary/aromatic N) is 2. The monoisotopic (exact) mass is 228 g/mol. The van der Waals surface area contributed by atoms with Crippen molar-refractivity contribution in [1.29, 1.82) is 0 Å². The number of aliphatic hydroxyl groups is 1. The third-order valence-electron chi connectivity index (χ3n) is 3.21. The molecular formula is C14H16N2O. The first-order chi connectivity index (χ1) is 8.38. The van der Waals surface area contributed by atoms with Crippen molar-refractivity contribution in [2.75, 3.05) is 18.1 Å². The van der Waals surface area contributed by atoms with Gasteiger partial charge in [0.1, 0.15) is 5.82 Å². The van der Waals surface area contributed by atoms with E-state index in [1.54, 1.807) is 0 Å². The quantitative estimate of drug-likeness (QED) is 0.871. The molecule has 0 unspecified atom stereocenters. The summed E-state index contributed by atoms with van der Waals surface area (Å²) in [5, 5.41) is 10.3. The van der Waals surface area contributed by atoms with Gasteiger partial charge in [0.15, 0.2) is 0 Å². The van der Waals surface area contributed by atoms with Crippen LogP contribution in [0.3, 0.4) is 0 Å². The van der Waals surface area contributed by atoms with Gasteiger partial charge in [-0.2, -0.15) is 0 Å². The molecule has 0 bridgehead atoms. The number of hydrogen-bond donors (Lipinski definition) is 1. The van der Waals surface area contributed by atoms with E-state index in [-0.39, 0.29) is 6.61 Å². The summed E-state index contributed by atoms with van der Waals surface area (Å²) in [4.78, 5) is 6.88. The van der Waals surface area contributed by atoms with Crippen LogP contribution in [0.25, 0.3) is 10.9 Å². The lowest BCUT2D eigenvalue weighted by molar-refractivity contribution is 0.301. The van der Waals surface area contributed by atoms with Gasteiger partial charge in [0.2, 0.25) is 0 Å². The van der Waals surface area contributed by atoms with Crippen LogP contribution in [0.1, 0.15) is 12.8 Å². The summed E-state index contributed by atoms with van der Waals surface area (Å²) in [7, 11) is 0. The molecule has 1 aliphatic carbocycles. The Morgan fingerprint density at radius 2 is 2.00 bits per heavy atom. The molecule has 3 heteroatoms. The van der Waals surface area contributed by atoms with Crippen molar-refractivity contribution in [2.45, 2.75) is 18.9 Å². The van der Waals surface area contributed by atoms with E-state index in [1.807, 2.05) is 18.2 Å². The maximum absolute atomic E-state index is 9.12. The fraction of sp³-hybridized carbons (Fsp3) is 0.357. The topological polar surface area (TPSA) is 36.4 Å². The standard InChI is InChI=1S/C14H16N2O/c17-10-9-16(12-6-7-12)14-8-5-11-3-1-2-4-13(11)15-14/h1-5,8,12,17H,6-7,9-10H2. The summed E-state index contributed by atoms with van der Waals surface area (Å²) in [5.74, 6) is 0.986. The lowest BCUT2D eigenvalue weighted by Crippen LogP contribution is -2.29. The molecular weight excluding hydrogens is 212 g/mol. The van der Waals surface area contributed by atoms with Crippen LogP contribution in [0.4, 0.5) is 5.82 Å². The summed E-state index contributed by atoms with van der Waals surface area (Å²) in [6.45, 7) is 0.862. The highest BCUT2D eigenvalue weighted by atomic mass is 16.3. The molecule has 0 saturated heterocycles. The van der Waals surface area contributed by atoms with Gasteiger partial charge in [-0.15, -0.1) is 0 Å². The Morgan fingerprint density at radius 3 is 2.76 bits per heavy atom. The molecule has 1 aromatic heterocycles. The predicted octanol–water partition coefficient (Wildman–Crippen LogP) is 2.20. The molecule has 2 aromatic rings. The highest BCUT2D eigenvalue weighted by Crippen LogP contribution is 2.31. The molecule has 0 atom stereocenters. The summed E-state index contributed by atoms with van der Waals surface area (Å²) < 4.78 is 0. The SMILES string of the molecule is OCCN(c1ccc2ccccc2n1)C1CC1. The average molecular weight is 228 g/mol. The van der Waals surface area contributed by atoms with Gasteiger partial charge in [-0.05, 0) is 31.0 Å². The molecule has 1 aromatic carbocycles. The van der Waals surface area contributed by atoms with E-state index >= 15 is 0 Å². The number of rotatable bonds is 4. The van der Waals surface area contributed by atoms with Crippen molar-refractivity contribution in [3.05, 3.63) is 36.4 Å². The van der Waals surface area contributed by atoms with Crippen molar-refractivity contribution >= 4 is 16.7 Å². The Hall–Kier alpha value is -1.61. The minimum Gasteiger partial charge on any atom is -0.395 e. The van der Waals surface area contributed by atoms with Crippen molar-refractivity contribution in [1.82, 2.24) is 4.98 Å². The van der Waals surface area contributed by atoms with E-state index in [0.717, 1.165) is 16.7 Å². The maximum Gasteiger partial charge on any atom is 0.129 e. The van der Waals surface area contributed by atoms with Crippen LogP contribution in [0.5, 0.6) is 0 Å². The molecule has 88 valence electrons. The van der Waals surface area contributed by atoms with Crippen LogP contribution >= 0.6 is 0 Å². The second kappa shape index (κ2) is 4.34. The van der Waals surface area contributed by atoms with Gasteiger partial charge in [0.05, 0.1) is 12.1 Å². The summed E-state index contributed by atoms with van der Waals surface area (Å²) in [6.07, 6.45) is 2.43. The second-order valence-corrected chi connectivity index (χ2v) is 4.51. The maximum atomic E-state index is 9.12. The lowest BCUT2D eigenvalue weighted by atomic mass is 10.2. The first-order valence-corrected chi connectivity index (χ1v) is 6.12. The van der Waals surface area contributed by atoms with Crippen LogP contribution in [0, 0.1) is 0 Å². The van der Waals surface area contributed by atoms with Gasteiger partial charge in [-0.3, -0.25) is 0 Å². The Bertz CT molecular complexity index is 522. The minimum absolute atomic E-state index is 0.186. The Kier molecular flexibility index (Phi) is 2.69. The highest BCUT2D eigenvalue weighted by molar-refractivity contribution is 5.80. The lowest BCUT2D eigenvalue weighted by Gasteiger charge is -2.22. The summed E-state index contributed by atoms with van der Waals surface area (Å²) in [5.41, 5.74) is 1.02. The third kappa shape index (κ3) is 2.11. The first-order valence-electron chi connectivity index (χ1n) is 6.12. The van der Waals surface area contributed by atoms with Crippen LogP contribution in [-0.2, 0) is 0 Å². The van der Waals surface area contributed by atoms with Gasteiger partial charge in [0, 0.05) is 18.0 Å². The van der Waals surface area contributed by atoms with E-state index in [1.165, 1.54) is 12.8 Å². The number of hydrogen-bond acceptors (Lipinski definition) is 3. The molecule has 1 heterocycles. The van der Waals surface area contributed by atoms with E-state index in [9.17, 15) is 0 Å². The molecule has 0 spiro atoms. The third-order valence-corrected chi connectivity index (χ3v) is 3.21. The zero-order valence-electron chi connectivity index (χ0n) is 9.71. The second-order valence-electron chi connectivity index (χ2n) is 4.51. The van der Waals surface area contributed by atoms with Gasteiger partial charge < -0.3 is 10.0 Å². The summed E-state index contributed by atoms with van der Waals surface area (Å²) in [6, 6.07) is 12.9. The number of aromatic nitrogens is 1. The fourth-order valence-corrected chi connectivity index (χ4v) is 2.19. The molecule has 1 saturated carbocycles. The zero-order valence-corrected chi connectivity index (χ0v) is 9.71. The molecule has 0 radical (unpaired) electrons. The van der Waals surface area contributed by atoms with Crippen LogP contribution in [0.15, 0.2) is 36.4 Å². The van der Waals surface area contributed by atoms with Gasteiger partial charge >= 0.3 is 0 Å². The number of pyridine rings is 1. The van der Waals surface area contributed by atoms with E-state index < -0.39 is 0 Å². The molecule has 17 heavy (non-hydrogen) atoms. The Balaban J connectivity index is 1.97. The van der Waals surface area contributed by atoms with E-state index in [4.69, 9.17) is 5.11 Å². The fourth-order valence-electron chi connectivity index (χ4n) is 2.19. The van der Waals surface area contributed by atoms with E-state index in [2.05, 4.69) is 28.1 Å². The van der Waals surface area contributed by atoms with Gasteiger partial charge in [-0.1, -0.05) is 18.2 Å². The number of anilines is 1. The smallest absolute Gasteiger partial charge is 0.129 e. The van der Waals surface area contributed by atoms with Crippen LogP contribution < -0.4 is 4.90 Å². The van der Waals surface area contributed by atoms with Gasteiger partial charge in [0.25, 0.3) is 0 Å². The highest BCUT2D eigenvalue weighted by Gasteiger charge is 2.29. The number of benzene rings is 1. The minimum atomic E-state index is 0.186. The summed E-state index contributed by atoms with van der Waals surface area (Å²) >= 11 is 0. The molecule has 0 aliphatic heterocycles. The predicted molar refractivity (Wildman–Crippen MR) is 69.2 cm³/mol. The number of aliphatic hydroxyl groups excluding tert-OH is 1.